The predicted molar refractivity (Wildman–Crippen MR) is 136 cm³/mol. The standard InChI is InChI=1S/C26H31N3O7/c1-6-33-17-34-20-12-13-22-19(15-20)16-21(35-22)10-8-7-9-18-11-14-23(27-24(18)29(31)32)28(5)25(30)36-26(2,3)4/h8,10-16H,6-7,9,17H2,1-5H3/b10-8+. The first-order chi connectivity index (χ1) is 17.1. The van der Waals surface area contributed by atoms with Gasteiger partial charge in [-0.05, 0) is 86.9 Å². The highest BCUT2D eigenvalue weighted by molar-refractivity contribution is 5.86. The van der Waals surface area contributed by atoms with Crippen LogP contribution in [0.25, 0.3) is 17.0 Å². The molecule has 0 fully saturated rings. The lowest BCUT2D eigenvalue weighted by Crippen LogP contribution is -2.34. The number of carbonyl (C=O) groups is 1. The lowest BCUT2D eigenvalue weighted by Gasteiger charge is -2.22. The van der Waals surface area contributed by atoms with Gasteiger partial charge < -0.3 is 28.7 Å². The van der Waals surface area contributed by atoms with Crippen molar-refractivity contribution < 1.29 is 28.3 Å². The van der Waals surface area contributed by atoms with E-state index in [4.69, 9.17) is 18.6 Å². The van der Waals surface area contributed by atoms with Gasteiger partial charge in [-0.3, -0.25) is 0 Å². The van der Waals surface area contributed by atoms with Crippen LogP contribution in [-0.4, -0.2) is 42.0 Å². The van der Waals surface area contributed by atoms with E-state index in [1.165, 1.54) is 7.05 Å². The first kappa shape index (κ1) is 26.7. The van der Waals surface area contributed by atoms with E-state index in [0.29, 0.717) is 36.5 Å². The Morgan fingerprint density at radius 1 is 1.22 bits per heavy atom. The number of aromatic nitrogens is 1. The lowest BCUT2D eigenvalue weighted by atomic mass is 10.1. The number of hydrogen-bond donors (Lipinski definition) is 0. The number of nitro groups is 1. The maximum absolute atomic E-state index is 12.3. The van der Waals surface area contributed by atoms with E-state index in [9.17, 15) is 14.9 Å². The normalized spacial score (nSPS) is 11.7. The molecular formula is C26H31N3O7. The molecule has 3 rings (SSSR count). The number of ether oxygens (including phenoxy) is 3. The fourth-order valence-corrected chi connectivity index (χ4v) is 3.28. The molecule has 0 N–H and O–H groups in total. The summed E-state index contributed by atoms with van der Waals surface area (Å²) in [6.07, 6.45) is 3.99. The van der Waals surface area contributed by atoms with Crippen molar-refractivity contribution in [3.63, 3.8) is 0 Å². The zero-order chi connectivity index (χ0) is 26.3. The molecule has 0 aliphatic heterocycles. The number of furan rings is 1. The van der Waals surface area contributed by atoms with Crippen molar-refractivity contribution in [3.05, 3.63) is 63.9 Å². The number of pyridine rings is 1. The second-order valence-corrected chi connectivity index (χ2v) is 8.99. The van der Waals surface area contributed by atoms with Gasteiger partial charge in [-0.1, -0.05) is 6.08 Å². The molecule has 36 heavy (non-hydrogen) atoms. The van der Waals surface area contributed by atoms with Gasteiger partial charge in [0.2, 0.25) is 0 Å². The Morgan fingerprint density at radius 3 is 2.69 bits per heavy atom. The fraction of sp³-hybridized carbons (Fsp3) is 0.385. The van der Waals surface area contributed by atoms with E-state index in [1.54, 1.807) is 32.9 Å². The summed E-state index contributed by atoms with van der Waals surface area (Å²) in [5.41, 5.74) is 0.498. The number of rotatable bonds is 10. The Hall–Kier alpha value is -3.92. The van der Waals surface area contributed by atoms with Crippen LogP contribution in [-0.2, 0) is 15.9 Å². The minimum absolute atomic E-state index is 0.141. The van der Waals surface area contributed by atoms with Crippen LogP contribution < -0.4 is 9.64 Å². The summed E-state index contributed by atoms with van der Waals surface area (Å²) in [7, 11) is 1.46. The highest BCUT2D eigenvalue weighted by Gasteiger charge is 2.26. The van der Waals surface area contributed by atoms with Gasteiger partial charge in [0.15, 0.2) is 6.79 Å². The van der Waals surface area contributed by atoms with Gasteiger partial charge in [-0.25, -0.2) is 9.69 Å². The van der Waals surface area contributed by atoms with Crippen molar-refractivity contribution >= 4 is 34.8 Å². The van der Waals surface area contributed by atoms with Crippen molar-refractivity contribution in [3.8, 4) is 5.75 Å². The van der Waals surface area contributed by atoms with Crippen LogP contribution in [0.4, 0.5) is 16.4 Å². The Bertz CT molecular complexity index is 1240. The molecule has 1 aromatic carbocycles. The van der Waals surface area contributed by atoms with Gasteiger partial charge in [0.25, 0.3) is 5.82 Å². The maximum Gasteiger partial charge on any atom is 0.417 e. The molecule has 0 aliphatic rings. The number of hydrogen-bond acceptors (Lipinski definition) is 8. The third kappa shape index (κ3) is 7.29. The summed E-state index contributed by atoms with van der Waals surface area (Å²) in [5, 5.41) is 12.5. The molecule has 0 saturated carbocycles. The number of aryl methyl sites for hydroxylation is 1. The molecule has 1 amide bonds. The van der Waals surface area contributed by atoms with Crippen LogP contribution in [0.2, 0.25) is 0 Å². The molecule has 0 saturated heterocycles. The van der Waals surface area contributed by atoms with Gasteiger partial charge in [0, 0.05) is 25.1 Å². The van der Waals surface area contributed by atoms with E-state index in [2.05, 4.69) is 4.98 Å². The van der Waals surface area contributed by atoms with Gasteiger partial charge in [-0.15, -0.1) is 0 Å². The topological polar surface area (TPSA) is 117 Å². The summed E-state index contributed by atoms with van der Waals surface area (Å²) in [4.78, 5) is 28.6. The van der Waals surface area contributed by atoms with Crippen LogP contribution in [0.1, 0.15) is 45.4 Å². The van der Waals surface area contributed by atoms with E-state index >= 15 is 0 Å². The van der Waals surface area contributed by atoms with Crippen molar-refractivity contribution in [1.82, 2.24) is 4.98 Å². The van der Waals surface area contributed by atoms with Gasteiger partial charge in [0.1, 0.15) is 22.7 Å². The number of benzene rings is 1. The van der Waals surface area contributed by atoms with Crippen LogP contribution in [0.3, 0.4) is 0 Å². The zero-order valence-electron chi connectivity index (χ0n) is 21.1. The smallest absolute Gasteiger partial charge is 0.417 e. The average Bonchev–Trinajstić information content (AvgIpc) is 3.22. The van der Waals surface area contributed by atoms with Crippen LogP contribution >= 0.6 is 0 Å². The van der Waals surface area contributed by atoms with Crippen molar-refractivity contribution in [2.24, 2.45) is 0 Å². The summed E-state index contributed by atoms with van der Waals surface area (Å²) in [6, 6.07) is 10.6. The Labute approximate surface area is 209 Å². The summed E-state index contributed by atoms with van der Waals surface area (Å²) in [6.45, 7) is 7.89. The molecule has 0 unspecified atom stereocenters. The van der Waals surface area contributed by atoms with Gasteiger partial charge in [-0.2, -0.15) is 0 Å². The van der Waals surface area contributed by atoms with Crippen molar-refractivity contribution in [1.29, 1.82) is 0 Å². The molecule has 2 aromatic heterocycles. The highest BCUT2D eigenvalue weighted by atomic mass is 16.7. The molecule has 10 heteroatoms. The second-order valence-electron chi connectivity index (χ2n) is 8.99. The predicted octanol–water partition coefficient (Wildman–Crippen LogP) is 6.13. The van der Waals surface area contributed by atoms with Gasteiger partial charge >= 0.3 is 11.9 Å². The number of nitrogens with zero attached hydrogens (tertiary/aromatic N) is 3. The van der Waals surface area contributed by atoms with Crippen molar-refractivity contribution in [2.45, 2.75) is 46.1 Å². The molecule has 0 radical (unpaired) electrons. The first-order valence-electron chi connectivity index (χ1n) is 11.6. The largest absolute Gasteiger partial charge is 0.468 e. The maximum atomic E-state index is 12.3. The minimum atomic E-state index is -0.691. The minimum Gasteiger partial charge on any atom is -0.468 e. The Kier molecular flexibility index (Phi) is 8.65. The quantitative estimate of drug-likeness (QED) is 0.142. The SMILES string of the molecule is CCOCOc1ccc2oc(/C=C/CCc3ccc(N(C)C(=O)OC(C)(C)C)nc3[N+](=O)[O-])cc2c1. The lowest BCUT2D eigenvalue weighted by molar-refractivity contribution is -0.390. The van der Waals surface area contributed by atoms with Crippen LogP contribution in [0, 0.1) is 10.1 Å². The summed E-state index contributed by atoms with van der Waals surface area (Å²) in [5.74, 6) is 1.20. The average molecular weight is 498 g/mol. The molecule has 10 nitrogen and oxygen atoms in total. The first-order valence-corrected chi connectivity index (χ1v) is 11.6. The molecule has 0 atom stereocenters. The van der Waals surface area contributed by atoms with Crippen LogP contribution in [0.15, 0.2) is 46.9 Å². The molecule has 2 heterocycles. The summed E-state index contributed by atoms with van der Waals surface area (Å²) >= 11 is 0. The van der Waals surface area contributed by atoms with Gasteiger partial charge in [0.05, 0.1) is 5.56 Å². The zero-order valence-corrected chi connectivity index (χ0v) is 21.1. The molecule has 192 valence electrons. The Morgan fingerprint density at radius 2 is 2.00 bits per heavy atom. The molecule has 0 aliphatic carbocycles. The molecule has 0 spiro atoms. The molecular weight excluding hydrogens is 466 g/mol. The summed E-state index contributed by atoms with van der Waals surface area (Å²) < 4.78 is 21.8. The molecule has 3 aromatic rings. The van der Waals surface area contributed by atoms with Crippen LogP contribution in [0.5, 0.6) is 5.75 Å². The molecule has 0 bridgehead atoms. The number of carbonyl (C=O) groups excluding carboxylic acids is 1. The number of allylic oxidation sites excluding steroid dienone is 1. The van der Waals surface area contributed by atoms with E-state index in [-0.39, 0.29) is 18.4 Å². The monoisotopic (exact) mass is 497 g/mol. The third-order valence-corrected chi connectivity index (χ3v) is 5.01. The third-order valence-electron chi connectivity index (χ3n) is 5.01. The van der Waals surface area contributed by atoms with E-state index in [0.717, 1.165) is 15.9 Å². The number of fused-ring (bicyclic) bond motifs is 1. The van der Waals surface area contributed by atoms with Crippen molar-refractivity contribution in [2.75, 3.05) is 25.3 Å². The second kappa shape index (κ2) is 11.7. The fourth-order valence-electron chi connectivity index (χ4n) is 3.28. The number of anilines is 1. The Balaban J connectivity index is 1.65. The van der Waals surface area contributed by atoms with E-state index in [1.807, 2.05) is 43.3 Å². The van der Waals surface area contributed by atoms with E-state index < -0.39 is 16.6 Å². The highest BCUT2D eigenvalue weighted by Crippen LogP contribution is 2.26. The number of amides is 1.